The number of carbonyl (C=O) groups is 1. The van der Waals surface area contributed by atoms with Crippen LogP contribution in [-0.2, 0) is 12.8 Å². The molecule has 0 unspecified atom stereocenters. The Morgan fingerprint density at radius 3 is 2.06 bits per heavy atom. The SMILES string of the molecule is O=C(O)O.O=[N+]([O-])c1ccc2c(c1)Oc1cc(CCc3ccc(Cl)c(Cl)c3)ccc1N2. The van der Waals surface area contributed by atoms with E-state index >= 15 is 0 Å². The molecule has 0 bridgehead atoms. The van der Waals surface area contributed by atoms with Crippen LogP contribution in [0.1, 0.15) is 11.1 Å². The average molecular weight is 463 g/mol. The van der Waals surface area contributed by atoms with Gasteiger partial charge in [-0.3, -0.25) is 10.1 Å². The number of anilines is 2. The highest BCUT2D eigenvalue weighted by Gasteiger charge is 2.19. The molecule has 1 heterocycles. The standard InChI is InChI=1S/C20H14Cl2N2O3.CH2O3/c21-15-6-3-12(9-16(15)22)1-2-13-4-7-17-19(10-13)27-20-11-14(24(25)26)5-8-18(20)23-17;2-1(3)4/h3-11,23H,1-2H2;(H2,2,3,4). The quantitative estimate of drug-likeness (QED) is 0.226. The number of hydrogen-bond acceptors (Lipinski definition) is 5. The summed E-state index contributed by atoms with van der Waals surface area (Å²) < 4.78 is 5.89. The molecule has 8 nitrogen and oxygen atoms in total. The zero-order valence-electron chi connectivity index (χ0n) is 15.8. The maximum Gasteiger partial charge on any atom is 0.503 e. The minimum atomic E-state index is -1.83. The van der Waals surface area contributed by atoms with E-state index < -0.39 is 11.1 Å². The summed E-state index contributed by atoms with van der Waals surface area (Å²) in [5, 5.41) is 29.2. The highest BCUT2D eigenvalue weighted by Crippen LogP contribution is 2.43. The summed E-state index contributed by atoms with van der Waals surface area (Å²) in [4.78, 5) is 19.1. The molecule has 160 valence electrons. The molecule has 0 fully saturated rings. The lowest BCUT2D eigenvalue weighted by Gasteiger charge is -2.22. The summed E-state index contributed by atoms with van der Waals surface area (Å²) in [6.45, 7) is 0. The number of benzene rings is 3. The van der Waals surface area contributed by atoms with Crippen molar-refractivity contribution in [3.05, 3.63) is 85.9 Å². The topological polar surface area (TPSA) is 122 Å². The normalized spacial score (nSPS) is 11.0. The van der Waals surface area contributed by atoms with E-state index in [2.05, 4.69) is 5.32 Å². The third-order valence-corrected chi connectivity index (χ3v) is 5.14. The third kappa shape index (κ3) is 5.78. The van der Waals surface area contributed by atoms with Gasteiger partial charge in [-0.2, -0.15) is 0 Å². The van der Waals surface area contributed by atoms with Crippen molar-refractivity contribution in [3.8, 4) is 11.5 Å². The lowest BCUT2D eigenvalue weighted by atomic mass is 10.0. The van der Waals surface area contributed by atoms with Crippen molar-refractivity contribution in [3.63, 3.8) is 0 Å². The van der Waals surface area contributed by atoms with Gasteiger partial charge in [0.05, 0.1) is 32.4 Å². The molecule has 10 heteroatoms. The minimum Gasteiger partial charge on any atom is -0.453 e. The van der Waals surface area contributed by atoms with E-state index in [9.17, 15) is 10.1 Å². The molecule has 3 N–H and O–H groups in total. The second-order valence-corrected chi connectivity index (χ2v) is 7.34. The number of halogens is 2. The third-order valence-electron chi connectivity index (χ3n) is 4.40. The van der Waals surface area contributed by atoms with Crippen LogP contribution in [0.5, 0.6) is 11.5 Å². The number of hydrogen-bond donors (Lipinski definition) is 3. The van der Waals surface area contributed by atoms with Crippen LogP contribution < -0.4 is 10.1 Å². The van der Waals surface area contributed by atoms with Crippen LogP contribution >= 0.6 is 23.2 Å². The monoisotopic (exact) mass is 462 g/mol. The van der Waals surface area contributed by atoms with Gasteiger partial charge >= 0.3 is 6.16 Å². The molecule has 0 amide bonds. The number of nitro benzene ring substituents is 1. The lowest BCUT2D eigenvalue weighted by molar-refractivity contribution is -0.384. The summed E-state index contributed by atoms with van der Waals surface area (Å²) in [5.74, 6) is 1.09. The highest BCUT2D eigenvalue weighted by molar-refractivity contribution is 6.42. The Kier molecular flexibility index (Phi) is 6.84. The Balaban J connectivity index is 0.000000628. The maximum atomic E-state index is 11.0. The van der Waals surface area contributed by atoms with Crippen molar-refractivity contribution < 1.29 is 24.7 Å². The number of ether oxygens (including phenoxy) is 1. The molecule has 3 aromatic rings. The molecule has 1 aliphatic rings. The van der Waals surface area contributed by atoms with Crippen LogP contribution in [-0.4, -0.2) is 21.3 Å². The first-order chi connectivity index (χ1) is 14.7. The first-order valence-electron chi connectivity index (χ1n) is 8.95. The van der Waals surface area contributed by atoms with E-state index in [1.54, 1.807) is 12.1 Å². The van der Waals surface area contributed by atoms with Crippen LogP contribution in [0.15, 0.2) is 54.6 Å². The number of nitrogens with one attached hydrogen (secondary N) is 1. The van der Waals surface area contributed by atoms with Gasteiger partial charge in [0.2, 0.25) is 0 Å². The van der Waals surface area contributed by atoms with Gasteiger partial charge in [0.1, 0.15) is 0 Å². The number of nitro groups is 1. The molecule has 0 aliphatic carbocycles. The van der Waals surface area contributed by atoms with Gasteiger partial charge in [0, 0.05) is 6.07 Å². The summed E-state index contributed by atoms with van der Waals surface area (Å²) in [5.41, 5.74) is 3.72. The highest BCUT2D eigenvalue weighted by atomic mass is 35.5. The van der Waals surface area contributed by atoms with Crippen molar-refractivity contribution in [1.82, 2.24) is 0 Å². The fourth-order valence-corrected chi connectivity index (χ4v) is 3.29. The maximum absolute atomic E-state index is 11.0. The van der Waals surface area contributed by atoms with E-state index in [0.29, 0.717) is 27.2 Å². The fraction of sp³-hybridized carbons (Fsp3) is 0.0952. The average Bonchev–Trinajstić information content (AvgIpc) is 2.72. The summed E-state index contributed by atoms with van der Waals surface area (Å²) in [6.07, 6.45) is -0.221. The largest absolute Gasteiger partial charge is 0.503 e. The van der Waals surface area contributed by atoms with E-state index in [1.807, 2.05) is 30.3 Å². The summed E-state index contributed by atoms with van der Waals surface area (Å²) >= 11 is 12.0. The minimum absolute atomic E-state index is 0.00484. The fourth-order valence-electron chi connectivity index (χ4n) is 2.97. The Morgan fingerprint density at radius 2 is 1.45 bits per heavy atom. The number of rotatable bonds is 4. The zero-order valence-corrected chi connectivity index (χ0v) is 17.4. The second-order valence-electron chi connectivity index (χ2n) is 6.53. The van der Waals surface area contributed by atoms with E-state index in [1.165, 1.54) is 12.1 Å². The van der Waals surface area contributed by atoms with E-state index in [0.717, 1.165) is 29.7 Å². The van der Waals surface area contributed by atoms with Gasteiger partial charge in [-0.25, -0.2) is 4.79 Å². The number of aryl methyl sites for hydroxylation is 2. The zero-order chi connectivity index (χ0) is 22.5. The van der Waals surface area contributed by atoms with Crippen LogP contribution in [0, 0.1) is 10.1 Å². The summed E-state index contributed by atoms with van der Waals surface area (Å²) in [7, 11) is 0. The molecule has 1 aliphatic heterocycles. The number of fused-ring (bicyclic) bond motifs is 2. The van der Waals surface area contributed by atoms with Crippen molar-refractivity contribution in [2.75, 3.05) is 5.32 Å². The van der Waals surface area contributed by atoms with E-state index in [-0.39, 0.29) is 5.69 Å². The second kappa shape index (κ2) is 9.55. The molecule has 0 radical (unpaired) electrons. The van der Waals surface area contributed by atoms with Crippen molar-refractivity contribution in [2.45, 2.75) is 12.8 Å². The van der Waals surface area contributed by atoms with Crippen LogP contribution in [0.4, 0.5) is 21.9 Å². The van der Waals surface area contributed by atoms with Crippen molar-refractivity contribution >= 4 is 46.4 Å². The van der Waals surface area contributed by atoms with Crippen LogP contribution in [0.25, 0.3) is 0 Å². The van der Waals surface area contributed by atoms with Gasteiger partial charge in [0.15, 0.2) is 11.5 Å². The van der Waals surface area contributed by atoms with E-state index in [4.69, 9.17) is 42.9 Å². The van der Waals surface area contributed by atoms with Gasteiger partial charge in [-0.05, 0) is 54.3 Å². The van der Waals surface area contributed by atoms with Gasteiger partial charge in [-0.15, -0.1) is 0 Å². The first kappa shape index (κ1) is 22.2. The molecule has 4 rings (SSSR count). The molecule has 0 saturated carbocycles. The molecule has 31 heavy (non-hydrogen) atoms. The Labute approximate surface area is 186 Å². The number of nitrogens with zero attached hydrogens (tertiary/aromatic N) is 1. The Hall–Kier alpha value is -3.49. The number of carboxylic acid groups (broad SMARTS) is 2. The smallest absolute Gasteiger partial charge is 0.453 e. The summed E-state index contributed by atoms with van der Waals surface area (Å²) in [6, 6.07) is 16.1. The predicted octanol–water partition coefficient (Wildman–Crippen LogP) is 6.76. The van der Waals surface area contributed by atoms with Crippen LogP contribution in [0.2, 0.25) is 10.0 Å². The molecule has 0 atom stereocenters. The Bertz CT molecular complexity index is 1150. The van der Waals surface area contributed by atoms with Gasteiger partial charge < -0.3 is 20.3 Å². The number of non-ortho nitro benzene ring substituents is 1. The van der Waals surface area contributed by atoms with Gasteiger partial charge in [-0.1, -0.05) is 35.3 Å². The lowest BCUT2D eigenvalue weighted by Crippen LogP contribution is -2.04. The molecule has 0 spiro atoms. The molecule has 0 aromatic heterocycles. The first-order valence-corrected chi connectivity index (χ1v) is 9.70. The van der Waals surface area contributed by atoms with Gasteiger partial charge in [0.25, 0.3) is 5.69 Å². The molecule has 0 saturated heterocycles. The predicted molar refractivity (Wildman–Crippen MR) is 117 cm³/mol. The van der Waals surface area contributed by atoms with Crippen LogP contribution in [0.3, 0.4) is 0 Å². The van der Waals surface area contributed by atoms with Crippen molar-refractivity contribution in [1.29, 1.82) is 0 Å². The molecule has 3 aromatic carbocycles. The van der Waals surface area contributed by atoms with Crippen molar-refractivity contribution in [2.24, 2.45) is 0 Å². The molecular weight excluding hydrogens is 447 g/mol. The Morgan fingerprint density at radius 1 is 0.903 bits per heavy atom. The molecular formula is C21H16Cl2N2O6.